The molecule has 0 heterocycles. The second-order valence-corrected chi connectivity index (χ2v) is 2.00. The van der Waals surface area contributed by atoms with Crippen LogP contribution in [0.15, 0.2) is 0 Å². The lowest BCUT2D eigenvalue weighted by Crippen LogP contribution is -2.10. The quantitative estimate of drug-likeness (QED) is 0.497. The maximum atomic E-state index is 9.68. The first-order chi connectivity index (χ1) is 3.27. The van der Waals surface area contributed by atoms with Crippen LogP contribution in [-0.4, -0.2) is 15.0 Å². The molecule has 0 aromatic heterocycles. The molecule has 0 aromatic carbocycles. The Morgan fingerprint density at radius 3 is 2.29 bits per heavy atom. The second-order valence-electron chi connectivity index (χ2n) is 1.17. The van der Waals surface area contributed by atoms with Crippen molar-refractivity contribution < 1.29 is 8.42 Å². The monoisotopic (exact) mass is 123 g/mol. The Labute approximate surface area is 44.8 Å². The summed E-state index contributed by atoms with van der Waals surface area (Å²) in [5.41, 5.74) is 0. The van der Waals surface area contributed by atoms with Gasteiger partial charge in [0, 0.05) is 6.54 Å². The van der Waals surface area contributed by atoms with Gasteiger partial charge in [0.2, 0.25) is 10.9 Å². The van der Waals surface area contributed by atoms with Gasteiger partial charge in [0.15, 0.2) is 0 Å². The zero-order valence-corrected chi connectivity index (χ0v) is 5.07. The Hall–Kier alpha value is -0.0900. The van der Waals surface area contributed by atoms with Crippen LogP contribution in [0.4, 0.5) is 0 Å². The van der Waals surface area contributed by atoms with Crippen molar-refractivity contribution in [3.8, 4) is 0 Å². The first-order valence-electron chi connectivity index (χ1n) is 2.15. The van der Waals surface area contributed by atoms with Gasteiger partial charge < -0.3 is 0 Å². The summed E-state index contributed by atoms with van der Waals surface area (Å²) in [7, 11) is -2.36. The van der Waals surface area contributed by atoms with E-state index in [4.69, 9.17) is 0 Å². The van der Waals surface area contributed by atoms with Crippen LogP contribution in [0.5, 0.6) is 0 Å². The highest BCUT2D eigenvalue weighted by Gasteiger charge is 1.77. The summed E-state index contributed by atoms with van der Waals surface area (Å²) in [6, 6.07) is 0. The van der Waals surface area contributed by atoms with Crippen LogP contribution in [0, 0.1) is 0 Å². The topological polar surface area (TPSA) is 46.2 Å². The van der Waals surface area contributed by atoms with Crippen molar-refractivity contribution >= 4 is 10.9 Å². The van der Waals surface area contributed by atoms with Crippen molar-refractivity contribution in [3.05, 3.63) is 0 Å². The molecule has 0 aromatic rings. The van der Waals surface area contributed by atoms with Gasteiger partial charge in [-0.1, -0.05) is 6.92 Å². The van der Waals surface area contributed by atoms with Gasteiger partial charge in [-0.05, 0) is 6.42 Å². The summed E-state index contributed by atoms with van der Waals surface area (Å²) in [5, 5.41) is 0. The van der Waals surface area contributed by atoms with Gasteiger partial charge in [0.25, 0.3) is 0 Å². The normalized spacial score (nSPS) is 10.0. The Balaban J connectivity index is 2.98. The van der Waals surface area contributed by atoms with E-state index in [0.717, 1.165) is 6.42 Å². The summed E-state index contributed by atoms with van der Waals surface area (Å²) in [6.07, 6.45) is 0.851. The maximum Gasteiger partial charge on any atom is 0.201 e. The van der Waals surface area contributed by atoms with Crippen LogP contribution < -0.4 is 4.72 Å². The summed E-state index contributed by atoms with van der Waals surface area (Å²) in [5.74, 6) is 0. The largest absolute Gasteiger partial charge is 0.218 e. The van der Waals surface area contributed by atoms with Gasteiger partial charge in [0.05, 0.1) is 0 Å². The molecule has 7 heavy (non-hydrogen) atoms. The molecule has 3 nitrogen and oxygen atoms in total. The first kappa shape index (κ1) is 6.91. The molecule has 0 fully saturated rings. The molecule has 0 saturated heterocycles. The highest BCUT2D eigenvalue weighted by Crippen LogP contribution is 1.65. The van der Waals surface area contributed by atoms with Gasteiger partial charge >= 0.3 is 0 Å². The second kappa shape index (κ2) is 4.08. The number of hydrogen-bond acceptors (Lipinski definition) is 2. The van der Waals surface area contributed by atoms with Crippen molar-refractivity contribution in [2.75, 3.05) is 6.54 Å². The summed E-state index contributed by atoms with van der Waals surface area (Å²) in [6.45, 7) is 2.46. The van der Waals surface area contributed by atoms with E-state index in [1.54, 1.807) is 0 Å². The van der Waals surface area contributed by atoms with Crippen molar-refractivity contribution in [3.63, 3.8) is 0 Å². The maximum absolute atomic E-state index is 9.68. The van der Waals surface area contributed by atoms with E-state index in [1.807, 2.05) is 6.92 Å². The number of nitrogens with one attached hydrogen (secondary N) is 1. The van der Waals surface area contributed by atoms with Crippen molar-refractivity contribution in [1.82, 2.24) is 4.72 Å². The van der Waals surface area contributed by atoms with Crippen molar-refractivity contribution in [1.29, 1.82) is 0 Å². The minimum atomic E-state index is -2.36. The molecule has 0 bridgehead atoms. The van der Waals surface area contributed by atoms with E-state index < -0.39 is 10.9 Å². The van der Waals surface area contributed by atoms with Crippen LogP contribution in [-0.2, 0) is 10.9 Å². The Morgan fingerprint density at radius 2 is 2.14 bits per heavy atom. The summed E-state index contributed by atoms with van der Waals surface area (Å²) >= 11 is 0. The molecule has 0 saturated carbocycles. The third-order valence-corrected chi connectivity index (χ3v) is 0.973. The van der Waals surface area contributed by atoms with E-state index >= 15 is 0 Å². The molecule has 0 radical (unpaired) electrons. The summed E-state index contributed by atoms with van der Waals surface area (Å²) < 4.78 is 21.6. The number of hydrogen-bond donors (Lipinski definition) is 2. The first-order valence-corrected chi connectivity index (χ1v) is 3.33. The lowest BCUT2D eigenvalue weighted by atomic mass is 10.5. The lowest BCUT2D eigenvalue weighted by molar-refractivity contribution is 0.601. The van der Waals surface area contributed by atoms with Gasteiger partial charge in [0.1, 0.15) is 0 Å². The Bertz CT molecular complexity index is 91.1. The van der Waals surface area contributed by atoms with Crippen LogP contribution >= 0.6 is 0 Å². The molecule has 0 rings (SSSR count). The Morgan fingerprint density at radius 1 is 1.57 bits per heavy atom. The minimum Gasteiger partial charge on any atom is -0.218 e. The molecular formula is C3H9NO2S. The SMILES string of the molecule is CCCN[SH](=O)=O. The number of thiol groups is 1. The zero-order valence-electron chi connectivity index (χ0n) is 4.18. The van der Waals surface area contributed by atoms with Crippen molar-refractivity contribution in [2.45, 2.75) is 13.3 Å². The fraction of sp³-hybridized carbons (Fsp3) is 1.00. The van der Waals surface area contributed by atoms with E-state index in [2.05, 4.69) is 4.72 Å². The third kappa shape index (κ3) is 5.91. The van der Waals surface area contributed by atoms with Crippen LogP contribution in [0.1, 0.15) is 13.3 Å². The van der Waals surface area contributed by atoms with Gasteiger partial charge in [-0.15, -0.1) is 0 Å². The number of rotatable bonds is 3. The van der Waals surface area contributed by atoms with Crippen LogP contribution in [0.3, 0.4) is 0 Å². The molecule has 0 amide bonds. The van der Waals surface area contributed by atoms with Crippen LogP contribution in [0.2, 0.25) is 0 Å². The molecule has 0 aliphatic heterocycles. The molecule has 4 heteroatoms. The predicted octanol–water partition coefficient (Wildman–Crippen LogP) is -0.488. The average Bonchev–Trinajstić information content (AvgIpc) is 1.61. The molecule has 0 atom stereocenters. The lowest BCUT2D eigenvalue weighted by Gasteiger charge is -1.85. The van der Waals surface area contributed by atoms with E-state index in [9.17, 15) is 8.42 Å². The van der Waals surface area contributed by atoms with Gasteiger partial charge in [-0.2, -0.15) is 0 Å². The van der Waals surface area contributed by atoms with E-state index in [-0.39, 0.29) is 0 Å². The molecule has 0 unspecified atom stereocenters. The standard InChI is InChI=1S/C3H9NO2S/c1-2-3-4-7(5)6/h7H,2-3H2,1H3,(H,4,5,6). The molecule has 0 aliphatic rings. The molecule has 0 aliphatic carbocycles. The van der Waals surface area contributed by atoms with Crippen molar-refractivity contribution in [2.24, 2.45) is 0 Å². The zero-order chi connectivity index (χ0) is 5.70. The van der Waals surface area contributed by atoms with Gasteiger partial charge in [-0.3, -0.25) is 0 Å². The van der Waals surface area contributed by atoms with Gasteiger partial charge in [-0.25, -0.2) is 13.1 Å². The fourth-order valence-electron chi connectivity index (χ4n) is 0.203. The van der Waals surface area contributed by atoms with Crippen LogP contribution in [0.25, 0.3) is 0 Å². The molecule has 0 spiro atoms. The minimum absolute atomic E-state index is 0.554. The predicted molar refractivity (Wildman–Crippen MR) is 28.6 cm³/mol. The highest BCUT2D eigenvalue weighted by molar-refractivity contribution is 7.70. The highest BCUT2D eigenvalue weighted by atomic mass is 32.2. The summed E-state index contributed by atoms with van der Waals surface area (Å²) in [4.78, 5) is 0. The molecular weight excluding hydrogens is 114 g/mol. The fourth-order valence-corrected chi connectivity index (χ4v) is 0.609. The molecule has 1 N–H and O–H groups in total. The van der Waals surface area contributed by atoms with E-state index in [1.165, 1.54) is 0 Å². The smallest absolute Gasteiger partial charge is 0.201 e. The average molecular weight is 123 g/mol. The van der Waals surface area contributed by atoms with E-state index in [0.29, 0.717) is 6.54 Å². The third-order valence-electron chi connectivity index (χ3n) is 0.491. The Kier molecular flexibility index (Phi) is 4.03. The molecule has 44 valence electrons.